The average Bonchev–Trinajstić information content (AvgIpc) is 2.97. The molecule has 0 saturated carbocycles. The number of esters is 1. The molecular formula is C15H19N3O3. The number of fused-ring (bicyclic) bond motifs is 1. The number of piperazine rings is 1. The molecular weight excluding hydrogens is 270 g/mol. The first-order valence-corrected chi connectivity index (χ1v) is 7.16. The predicted molar refractivity (Wildman–Crippen MR) is 79.3 cm³/mol. The highest BCUT2D eigenvalue weighted by Gasteiger charge is 2.21. The number of rotatable bonds is 4. The number of carbonyl (C=O) groups is 1. The zero-order valence-electron chi connectivity index (χ0n) is 12.1. The number of hydrogen-bond acceptors (Lipinski definition) is 6. The van der Waals surface area contributed by atoms with Crippen molar-refractivity contribution in [1.82, 2.24) is 9.88 Å². The van der Waals surface area contributed by atoms with Crippen LogP contribution in [0, 0.1) is 0 Å². The van der Waals surface area contributed by atoms with Crippen LogP contribution in [0.15, 0.2) is 28.7 Å². The first-order chi connectivity index (χ1) is 10.3. The van der Waals surface area contributed by atoms with Crippen molar-refractivity contribution in [2.75, 3.05) is 44.7 Å². The lowest BCUT2D eigenvalue weighted by atomic mass is 10.3. The summed E-state index contributed by atoms with van der Waals surface area (Å²) in [4.78, 5) is 20.1. The minimum atomic E-state index is -0.156. The maximum absolute atomic E-state index is 11.2. The number of para-hydroxylation sites is 2. The monoisotopic (exact) mass is 289 g/mol. The first-order valence-electron chi connectivity index (χ1n) is 7.16. The second-order valence-corrected chi connectivity index (χ2v) is 5.12. The first kappa shape index (κ1) is 13.9. The number of aromatic nitrogens is 1. The molecule has 0 N–H and O–H groups in total. The minimum absolute atomic E-state index is 0.156. The molecule has 21 heavy (non-hydrogen) atoms. The summed E-state index contributed by atoms with van der Waals surface area (Å²) >= 11 is 0. The molecule has 0 unspecified atom stereocenters. The maximum atomic E-state index is 11.2. The Bertz CT molecular complexity index is 584. The number of ether oxygens (including phenoxy) is 1. The number of anilines is 1. The van der Waals surface area contributed by atoms with E-state index in [-0.39, 0.29) is 5.97 Å². The molecule has 1 saturated heterocycles. The fraction of sp³-hybridized carbons (Fsp3) is 0.467. The highest BCUT2D eigenvalue weighted by molar-refractivity contribution is 5.74. The van der Waals surface area contributed by atoms with E-state index in [0.29, 0.717) is 12.4 Å². The Morgan fingerprint density at radius 3 is 2.76 bits per heavy atom. The lowest BCUT2D eigenvalue weighted by Gasteiger charge is -2.33. The predicted octanol–water partition coefficient (Wildman–Crippen LogP) is 1.51. The van der Waals surface area contributed by atoms with Gasteiger partial charge in [-0.05, 0) is 12.1 Å². The van der Waals surface area contributed by atoms with E-state index >= 15 is 0 Å². The van der Waals surface area contributed by atoms with E-state index in [9.17, 15) is 4.79 Å². The molecule has 6 heteroatoms. The molecule has 1 aliphatic heterocycles. The molecule has 112 valence electrons. The van der Waals surface area contributed by atoms with Gasteiger partial charge in [0, 0.05) is 32.7 Å². The number of methoxy groups -OCH3 is 1. The van der Waals surface area contributed by atoms with Crippen molar-refractivity contribution in [3.8, 4) is 0 Å². The second-order valence-electron chi connectivity index (χ2n) is 5.12. The molecule has 1 aromatic heterocycles. The molecule has 0 spiro atoms. The molecule has 0 aliphatic carbocycles. The summed E-state index contributed by atoms with van der Waals surface area (Å²) in [7, 11) is 1.42. The van der Waals surface area contributed by atoms with Crippen molar-refractivity contribution < 1.29 is 13.9 Å². The average molecular weight is 289 g/mol. The van der Waals surface area contributed by atoms with Crippen LogP contribution in [0.2, 0.25) is 0 Å². The SMILES string of the molecule is COC(=O)CCN1CCN(c2nc3ccccc3o2)CC1. The molecule has 0 bridgehead atoms. The lowest BCUT2D eigenvalue weighted by molar-refractivity contribution is -0.141. The zero-order chi connectivity index (χ0) is 14.7. The highest BCUT2D eigenvalue weighted by atomic mass is 16.5. The third-order valence-electron chi connectivity index (χ3n) is 3.79. The van der Waals surface area contributed by atoms with E-state index in [1.54, 1.807) is 0 Å². The number of hydrogen-bond donors (Lipinski definition) is 0. The van der Waals surface area contributed by atoms with Crippen molar-refractivity contribution in [1.29, 1.82) is 0 Å². The number of nitrogens with zero attached hydrogens (tertiary/aromatic N) is 3. The van der Waals surface area contributed by atoms with Crippen LogP contribution in [0.25, 0.3) is 11.1 Å². The highest BCUT2D eigenvalue weighted by Crippen LogP contribution is 2.22. The van der Waals surface area contributed by atoms with Crippen molar-refractivity contribution in [2.24, 2.45) is 0 Å². The van der Waals surface area contributed by atoms with Gasteiger partial charge in [-0.3, -0.25) is 9.69 Å². The van der Waals surface area contributed by atoms with Crippen LogP contribution in [0.3, 0.4) is 0 Å². The summed E-state index contributed by atoms with van der Waals surface area (Å²) in [5, 5.41) is 0. The van der Waals surface area contributed by atoms with Crippen LogP contribution >= 0.6 is 0 Å². The number of carbonyl (C=O) groups excluding carboxylic acids is 1. The Morgan fingerprint density at radius 1 is 1.29 bits per heavy atom. The summed E-state index contributed by atoms with van der Waals surface area (Å²) in [5.74, 6) is -0.156. The smallest absolute Gasteiger partial charge is 0.306 e. The Labute approximate surface area is 123 Å². The van der Waals surface area contributed by atoms with Crippen LogP contribution in [-0.4, -0.2) is 55.7 Å². The summed E-state index contributed by atoms with van der Waals surface area (Å²) in [5.41, 5.74) is 1.71. The van der Waals surface area contributed by atoms with Crippen LogP contribution in [0.1, 0.15) is 6.42 Å². The van der Waals surface area contributed by atoms with E-state index in [1.165, 1.54) is 7.11 Å². The fourth-order valence-electron chi connectivity index (χ4n) is 2.51. The summed E-state index contributed by atoms with van der Waals surface area (Å²) < 4.78 is 10.4. The van der Waals surface area contributed by atoms with Crippen molar-refractivity contribution in [3.63, 3.8) is 0 Å². The van der Waals surface area contributed by atoms with Gasteiger partial charge >= 0.3 is 5.97 Å². The molecule has 0 radical (unpaired) electrons. The van der Waals surface area contributed by atoms with Gasteiger partial charge < -0.3 is 14.1 Å². The number of oxazole rings is 1. The van der Waals surface area contributed by atoms with Crippen LogP contribution in [0.5, 0.6) is 0 Å². The summed E-state index contributed by atoms with van der Waals surface area (Å²) in [6.07, 6.45) is 0.444. The van der Waals surface area contributed by atoms with Gasteiger partial charge in [0.2, 0.25) is 0 Å². The summed E-state index contributed by atoms with van der Waals surface area (Å²) in [6.45, 7) is 4.25. The van der Waals surface area contributed by atoms with Gasteiger partial charge in [-0.2, -0.15) is 4.98 Å². The Balaban J connectivity index is 1.56. The zero-order valence-corrected chi connectivity index (χ0v) is 12.1. The standard InChI is InChI=1S/C15H19N3O3/c1-20-14(19)6-7-17-8-10-18(11-9-17)15-16-12-4-2-3-5-13(12)21-15/h2-5H,6-11H2,1H3. The van der Waals surface area contributed by atoms with Gasteiger partial charge in [-0.25, -0.2) is 0 Å². The second kappa shape index (κ2) is 6.13. The molecule has 0 atom stereocenters. The van der Waals surface area contributed by atoms with Gasteiger partial charge in [-0.15, -0.1) is 0 Å². The van der Waals surface area contributed by atoms with Crippen LogP contribution in [0.4, 0.5) is 6.01 Å². The van der Waals surface area contributed by atoms with E-state index in [0.717, 1.165) is 43.8 Å². The lowest BCUT2D eigenvalue weighted by Crippen LogP contribution is -2.47. The van der Waals surface area contributed by atoms with Gasteiger partial charge in [0.05, 0.1) is 13.5 Å². The van der Waals surface area contributed by atoms with Crippen molar-refractivity contribution in [3.05, 3.63) is 24.3 Å². The molecule has 3 rings (SSSR count). The van der Waals surface area contributed by atoms with E-state index in [1.807, 2.05) is 24.3 Å². The minimum Gasteiger partial charge on any atom is -0.469 e. The fourth-order valence-corrected chi connectivity index (χ4v) is 2.51. The molecule has 0 amide bonds. The van der Waals surface area contributed by atoms with E-state index in [2.05, 4.69) is 19.5 Å². The molecule has 1 aromatic carbocycles. The van der Waals surface area contributed by atoms with Gasteiger partial charge in [-0.1, -0.05) is 12.1 Å². The van der Waals surface area contributed by atoms with Crippen molar-refractivity contribution in [2.45, 2.75) is 6.42 Å². The largest absolute Gasteiger partial charge is 0.469 e. The molecule has 2 aromatic rings. The molecule has 1 aliphatic rings. The van der Waals surface area contributed by atoms with Crippen LogP contribution < -0.4 is 4.90 Å². The maximum Gasteiger partial charge on any atom is 0.306 e. The molecule has 2 heterocycles. The normalized spacial score (nSPS) is 16.3. The molecule has 6 nitrogen and oxygen atoms in total. The summed E-state index contributed by atoms with van der Waals surface area (Å²) in [6, 6.07) is 8.47. The topological polar surface area (TPSA) is 58.8 Å². The van der Waals surface area contributed by atoms with Crippen molar-refractivity contribution >= 4 is 23.1 Å². The Morgan fingerprint density at radius 2 is 2.05 bits per heavy atom. The number of benzene rings is 1. The third kappa shape index (κ3) is 3.16. The van der Waals surface area contributed by atoms with E-state index < -0.39 is 0 Å². The van der Waals surface area contributed by atoms with E-state index in [4.69, 9.17) is 4.42 Å². The van der Waals surface area contributed by atoms with Crippen LogP contribution in [-0.2, 0) is 9.53 Å². The molecule has 1 fully saturated rings. The quantitative estimate of drug-likeness (QED) is 0.795. The Kier molecular flexibility index (Phi) is 4.06. The van der Waals surface area contributed by atoms with Gasteiger partial charge in [0.25, 0.3) is 6.01 Å². The third-order valence-corrected chi connectivity index (χ3v) is 3.79. The van der Waals surface area contributed by atoms with Gasteiger partial charge in [0.15, 0.2) is 5.58 Å². The Hall–Kier alpha value is -2.08. The van der Waals surface area contributed by atoms with Gasteiger partial charge in [0.1, 0.15) is 5.52 Å².